The first kappa shape index (κ1) is 28.1. The van der Waals surface area contributed by atoms with Crippen LogP contribution in [-0.2, 0) is 25.4 Å². The third-order valence-corrected chi connectivity index (χ3v) is 8.04. The molecule has 0 radical (unpaired) electrons. The van der Waals surface area contributed by atoms with Crippen LogP contribution in [0.1, 0.15) is 68.8 Å². The first-order valence-electron chi connectivity index (χ1n) is 12.8. The number of rotatable bonds is 6. The van der Waals surface area contributed by atoms with E-state index in [4.69, 9.17) is 24.7 Å². The normalized spacial score (nSPS) is 29.4. The molecule has 1 aliphatic heterocycles. The molecule has 0 amide bonds. The van der Waals surface area contributed by atoms with Gasteiger partial charge in [-0.05, 0) is 13.0 Å². The zero-order valence-electron chi connectivity index (χ0n) is 22.2. The maximum Gasteiger partial charge on any atom is 0.202 e. The molecular formula is C28H31NO11. The van der Waals surface area contributed by atoms with Gasteiger partial charge in [0.25, 0.3) is 0 Å². The van der Waals surface area contributed by atoms with E-state index in [0.717, 1.165) is 0 Å². The minimum atomic E-state index is -2.22. The van der Waals surface area contributed by atoms with Crippen LogP contribution < -0.4 is 10.5 Å². The number of aliphatic hydroxyl groups is 2. The van der Waals surface area contributed by atoms with Gasteiger partial charge in [-0.3, -0.25) is 14.4 Å². The summed E-state index contributed by atoms with van der Waals surface area (Å²) in [4.78, 5) is 39.9. The number of hydrogen-bond acceptors (Lipinski definition) is 12. The summed E-state index contributed by atoms with van der Waals surface area (Å²) >= 11 is 0. The number of ether oxygens (including phenoxy) is 4. The lowest BCUT2D eigenvalue weighted by Gasteiger charge is -2.42. The highest BCUT2D eigenvalue weighted by molar-refractivity contribution is 6.31. The van der Waals surface area contributed by atoms with E-state index in [1.807, 2.05) is 0 Å². The van der Waals surface area contributed by atoms with Crippen molar-refractivity contribution in [1.82, 2.24) is 0 Å². The third kappa shape index (κ3) is 4.19. The fraction of sp³-hybridized carbons (Fsp3) is 0.464. The Morgan fingerprint density at radius 1 is 1.12 bits per heavy atom. The topological polar surface area (TPSA) is 195 Å². The Labute approximate surface area is 229 Å². The van der Waals surface area contributed by atoms with Crippen LogP contribution in [0.4, 0.5) is 0 Å². The van der Waals surface area contributed by atoms with Crippen molar-refractivity contribution in [3.05, 3.63) is 51.6 Å². The SMILES string of the molecule is COc1cccc2c1C(=O)c1c(O)c3c(c(O)c1C2=O)C[C@@](O)(C(=O)CO)C[C@@H]3O[C@H]1C[C@H](N)[C@@H](OC)[C@H](C)O1. The summed E-state index contributed by atoms with van der Waals surface area (Å²) < 4.78 is 22.7. The molecule has 214 valence electrons. The molecule has 1 fully saturated rings. The number of benzene rings is 2. The Bertz CT molecular complexity index is 1390. The predicted octanol–water partition coefficient (Wildman–Crippen LogP) is 0.655. The van der Waals surface area contributed by atoms with Gasteiger partial charge in [-0.1, -0.05) is 12.1 Å². The maximum absolute atomic E-state index is 13.7. The summed E-state index contributed by atoms with van der Waals surface area (Å²) in [6, 6.07) is 3.91. The highest BCUT2D eigenvalue weighted by atomic mass is 16.7. The van der Waals surface area contributed by atoms with Crippen molar-refractivity contribution in [3.63, 3.8) is 0 Å². The smallest absolute Gasteiger partial charge is 0.202 e. The molecule has 3 aliphatic rings. The number of phenols is 2. The lowest BCUT2D eigenvalue weighted by atomic mass is 9.72. The molecule has 5 rings (SSSR count). The van der Waals surface area contributed by atoms with E-state index in [9.17, 15) is 34.8 Å². The van der Waals surface area contributed by atoms with Crippen LogP contribution in [0.25, 0.3) is 0 Å². The Balaban J connectivity index is 1.67. The molecule has 1 heterocycles. The fourth-order valence-electron chi connectivity index (χ4n) is 6.11. The van der Waals surface area contributed by atoms with Crippen LogP contribution in [0, 0.1) is 0 Å². The first-order chi connectivity index (χ1) is 19.0. The van der Waals surface area contributed by atoms with Gasteiger partial charge in [0, 0.05) is 49.1 Å². The van der Waals surface area contributed by atoms with Gasteiger partial charge in [-0.15, -0.1) is 0 Å². The number of carbonyl (C=O) groups excluding carboxylic acids is 3. The van der Waals surface area contributed by atoms with Gasteiger partial charge in [-0.25, -0.2) is 0 Å². The van der Waals surface area contributed by atoms with Crippen molar-refractivity contribution in [3.8, 4) is 17.2 Å². The van der Waals surface area contributed by atoms with Gasteiger partial charge in [0.2, 0.25) is 5.78 Å². The van der Waals surface area contributed by atoms with Gasteiger partial charge < -0.3 is 45.1 Å². The number of ketones is 3. The summed E-state index contributed by atoms with van der Waals surface area (Å²) in [6.07, 6.45) is -4.02. The molecule has 6 atom stereocenters. The van der Waals surface area contributed by atoms with Crippen LogP contribution in [0.5, 0.6) is 17.2 Å². The minimum Gasteiger partial charge on any atom is -0.507 e. The van der Waals surface area contributed by atoms with E-state index >= 15 is 0 Å². The quantitative estimate of drug-likeness (QED) is 0.266. The van der Waals surface area contributed by atoms with E-state index in [1.165, 1.54) is 32.4 Å². The predicted molar refractivity (Wildman–Crippen MR) is 137 cm³/mol. The molecular weight excluding hydrogens is 526 g/mol. The van der Waals surface area contributed by atoms with Crippen LogP contribution in [0.3, 0.4) is 0 Å². The highest BCUT2D eigenvalue weighted by Gasteiger charge is 2.50. The average Bonchev–Trinajstić information content (AvgIpc) is 2.92. The molecule has 12 heteroatoms. The molecule has 2 aliphatic carbocycles. The van der Waals surface area contributed by atoms with Gasteiger partial charge in [-0.2, -0.15) is 0 Å². The zero-order chi connectivity index (χ0) is 29.1. The second-order valence-corrected chi connectivity index (χ2v) is 10.4. The molecule has 12 nitrogen and oxygen atoms in total. The van der Waals surface area contributed by atoms with Crippen molar-refractivity contribution in [2.75, 3.05) is 20.8 Å². The molecule has 2 aromatic carbocycles. The summed E-state index contributed by atoms with van der Waals surface area (Å²) in [5.74, 6) is -3.66. The lowest BCUT2D eigenvalue weighted by molar-refractivity contribution is -0.250. The van der Waals surface area contributed by atoms with Crippen LogP contribution in [-0.4, -0.2) is 88.7 Å². The van der Waals surface area contributed by atoms with Gasteiger partial charge in [0.15, 0.2) is 17.9 Å². The number of aliphatic hydroxyl groups excluding tert-OH is 1. The molecule has 0 unspecified atom stereocenters. The second-order valence-electron chi connectivity index (χ2n) is 10.4. The van der Waals surface area contributed by atoms with Gasteiger partial charge >= 0.3 is 0 Å². The Hall–Kier alpha value is -3.39. The summed E-state index contributed by atoms with van der Waals surface area (Å²) in [5, 5.41) is 43.8. The minimum absolute atomic E-state index is 0.0388. The van der Waals surface area contributed by atoms with Crippen molar-refractivity contribution in [2.45, 2.75) is 62.4 Å². The lowest BCUT2D eigenvalue weighted by Crippen LogP contribution is -2.53. The Morgan fingerprint density at radius 3 is 2.45 bits per heavy atom. The molecule has 1 saturated heterocycles. The molecule has 0 saturated carbocycles. The number of methoxy groups -OCH3 is 2. The third-order valence-electron chi connectivity index (χ3n) is 8.04. The molecule has 2 aromatic rings. The van der Waals surface area contributed by atoms with Crippen molar-refractivity contribution < 1.29 is 53.8 Å². The average molecular weight is 558 g/mol. The first-order valence-corrected chi connectivity index (χ1v) is 12.8. The van der Waals surface area contributed by atoms with Crippen LogP contribution >= 0.6 is 0 Å². The largest absolute Gasteiger partial charge is 0.507 e. The zero-order valence-corrected chi connectivity index (χ0v) is 22.2. The molecule has 0 spiro atoms. The van der Waals surface area contributed by atoms with Gasteiger partial charge in [0.1, 0.15) is 29.5 Å². The monoisotopic (exact) mass is 557 g/mol. The van der Waals surface area contributed by atoms with E-state index in [-0.39, 0.29) is 34.4 Å². The molecule has 6 N–H and O–H groups in total. The summed E-state index contributed by atoms with van der Waals surface area (Å²) in [5.41, 5.74) is 2.76. The van der Waals surface area contributed by atoms with E-state index in [1.54, 1.807) is 6.92 Å². The van der Waals surface area contributed by atoms with Crippen LogP contribution in [0.2, 0.25) is 0 Å². The van der Waals surface area contributed by atoms with E-state index < -0.39 is 95.7 Å². The number of fused-ring (bicyclic) bond motifs is 3. The molecule has 0 bridgehead atoms. The number of Topliss-reactive ketones (excluding diaryl/α,β-unsaturated/α-hetero) is 1. The number of nitrogens with two attached hydrogens (primary N) is 1. The van der Waals surface area contributed by atoms with Crippen molar-refractivity contribution in [2.24, 2.45) is 5.73 Å². The second kappa shape index (κ2) is 10.2. The summed E-state index contributed by atoms with van der Waals surface area (Å²) in [7, 11) is 2.83. The number of phenolic OH excluding ortho intramolecular Hbond substituents is 2. The number of carbonyl (C=O) groups is 3. The molecule has 0 aromatic heterocycles. The Kier molecular flexibility index (Phi) is 7.19. The van der Waals surface area contributed by atoms with Crippen molar-refractivity contribution >= 4 is 17.3 Å². The highest BCUT2D eigenvalue weighted by Crippen LogP contribution is 2.52. The standard InChI is InChI=1S/C28H31NO11/c1-11-27(38-3)14(29)7-18(39-11)40-16-9-28(36,17(31)10-30)8-13-20(16)26(35)22-21(24(13)33)23(32)12-5-4-6-15(37-2)19(12)25(22)34/h4-6,11,14,16,18,27,30,33,35-36H,7-10,29H2,1-3H3/t11-,14-,16-,18-,27-,28-/m0/s1. The maximum atomic E-state index is 13.7. The number of hydrogen-bond donors (Lipinski definition) is 5. The number of aromatic hydroxyl groups is 2. The van der Waals surface area contributed by atoms with Crippen molar-refractivity contribution in [1.29, 1.82) is 0 Å². The van der Waals surface area contributed by atoms with E-state index in [2.05, 4.69) is 0 Å². The molecule has 40 heavy (non-hydrogen) atoms. The van der Waals surface area contributed by atoms with Gasteiger partial charge in [0.05, 0.1) is 42.1 Å². The summed E-state index contributed by atoms with van der Waals surface area (Å²) in [6.45, 7) is 0.733. The Morgan fingerprint density at radius 2 is 1.82 bits per heavy atom. The van der Waals surface area contributed by atoms with Crippen LogP contribution in [0.15, 0.2) is 18.2 Å². The van der Waals surface area contributed by atoms with E-state index in [0.29, 0.717) is 0 Å². The fourth-order valence-corrected chi connectivity index (χ4v) is 6.11.